The molecule has 0 unspecified atom stereocenters. The first-order valence-electron chi connectivity index (χ1n) is 8.46. The molecule has 0 radical (unpaired) electrons. The Bertz CT molecular complexity index is 713. The summed E-state index contributed by atoms with van der Waals surface area (Å²) in [4.78, 5) is 16.0. The molecular weight excluding hydrogens is 335 g/mol. The van der Waals surface area contributed by atoms with Crippen molar-refractivity contribution in [2.45, 2.75) is 36.4 Å². The van der Waals surface area contributed by atoms with Gasteiger partial charge in [0.25, 0.3) is 0 Å². The number of carbonyl (C=O) groups excluding carboxylic acids is 1. The molecule has 2 aromatic rings. The van der Waals surface area contributed by atoms with Gasteiger partial charge in [0.15, 0.2) is 0 Å². The molecule has 5 heteroatoms. The standard InChI is InChI=1S/C20H23FN2OS/c1-23(13-14-3-11-18(25-2)12-4-14)19(20(24)22-17-9-10-17)15-5-7-16(21)8-6-15/h3-8,11-12,17,19H,9-10,13H2,1-2H3,(H,22,24)/t19-/m1/s1. The minimum atomic E-state index is -0.429. The van der Waals surface area contributed by atoms with Gasteiger partial charge in [-0.2, -0.15) is 0 Å². The van der Waals surface area contributed by atoms with Gasteiger partial charge in [0.2, 0.25) is 5.91 Å². The highest BCUT2D eigenvalue weighted by Gasteiger charge is 2.30. The topological polar surface area (TPSA) is 32.3 Å². The Balaban J connectivity index is 1.78. The lowest BCUT2D eigenvalue weighted by Gasteiger charge is -2.28. The maximum absolute atomic E-state index is 13.3. The van der Waals surface area contributed by atoms with Crippen molar-refractivity contribution in [1.29, 1.82) is 0 Å². The smallest absolute Gasteiger partial charge is 0.242 e. The molecule has 1 aliphatic rings. The molecule has 1 aliphatic carbocycles. The summed E-state index contributed by atoms with van der Waals surface area (Å²) in [6.45, 7) is 0.648. The molecule has 0 spiro atoms. The molecule has 0 aliphatic heterocycles. The average molecular weight is 358 g/mol. The number of benzene rings is 2. The third kappa shape index (κ3) is 4.83. The predicted octanol–water partition coefficient (Wildman–Crippen LogP) is 4.00. The van der Waals surface area contributed by atoms with E-state index in [2.05, 4.69) is 29.6 Å². The van der Waals surface area contributed by atoms with E-state index in [1.54, 1.807) is 23.9 Å². The molecule has 1 saturated carbocycles. The molecule has 25 heavy (non-hydrogen) atoms. The molecule has 0 bridgehead atoms. The van der Waals surface area contributed by atoms with E-state index in [4.69, 9.17) is 0 Å². The van der Waals surface area contributed by atoms with E-state index in [9.17, 15) is 9.18 Å². The van der Waals surface area contributed by atoms with Crippen molar-refractivity contribution in [3.63, 3.8) is 0 Å². The van der Waals surface area contributed by atoms with E-state index >= 15 is 0 Å². The molecule has 132 valence electrons. The molecule has 0 heterocycles. The van der Waals surface area contributed by atoms with Gasteiger partial charge in [-0.15, -0.1) is 11.8 Å². The normalized spacial score (nSPS) is 15.2. The maximum atomic E-state index is 13.3. The van der Waals surface area contributed by atoms with Crippen LogP contribution in [0.4, 0.5) is 4.39 Å². The molecule has 1 amide bonds. The number of hydrogen-bond donors (Lipinski definition) is 1. The zero-order valence-electron chi connectivity index (χ0n) is 14.5. The van der Waals surface area contributed by atoms with E-state index in [1.165, 1.54) is 17.0 Å². The van der Waals surface area contributed by atoms with Gasteiger partial charge in [-0.1, -0.05) is 24.3 Å². The lowest BCUT2D eigenvalue weighted by atomic mass is 10.0. The van der Waals surface area contributed by atoms with Crippen molar-refractivity contribution in [3.05, 3.63) is 65.5 Å². The van der Waals surface area contributed by atoms with Crippen molar-refractivity contribution < 1.29 is 9.18 Å². The highest BCUT2D eigenvalue weighted by Crippen LogP contribution is 2.26. The van der Waals surface area contributed by atoms with Crippen LogP contribution in [0.1, 0.15) is 30.0 Å². The first-order valence-corrected chi connectivity index (χ1v) is 9.68. The van der Waals surface area contributed by atoms with E-state index in [1.807, 2.05) is 18.2 Å². The van der Waals surface area contributed by atoms with Gasteiger partial charge in [0.1, 0.15) is 11.9 Å². The van der Waals surface area contributed by atoms with Crippen molar-refractivity contribution in [2.24, 2.45) is 0 Å². The zero-order chi connectivity index (χ0) is 17.8. The van der Waals surface area contributed by atoms with E-state index < -0.39 is 6.04 Å². The molecular formula is C20H23FN2OS. The van der Waals surface area contributed by atoms with Crippen LogP contribution in [0.3, 0.4) is 0 Å². The summed E-state index contributed by atoms with van der Waals surface area (Å²) in [5, 5.41) is 3.07. The second-order valence-corrected chi connectivity index (χ2v) is 7.38. The number of likely N-dealkylation sites (N-methyl/N-ethyl adjacent to an activating group) is 1. The van der Waals surface area contributed by atoms with Crippen molar-refractivity contribution in [1.82, 2.24) is 10.2 Å². The first-order chi connectivity index (χ1) is 12.1. The van der Waals surface area contributed by atoms with Gasteiger partial charge in [-0.05, 0) is 61.5 Å². The lowest BCUT2D eigenvalue weighted by Crippen LogP contribution is -2.39. The molecule has 3 rings (SSSR count). The summed E-state index contributed by atoms with van der Waals surface area (Å²) >= 11 is 1.71. The monoisotopic (exact) mass is 358 g/mol. The Morgan fingerprint density at radius 1 is 1.20 bits per heavy atom. The van der Waals surface area contributed by atoms with Crippen LogP contribution in [0, 0.1) is 5.82 Å². The highest BCUT2D eigenvalue weighted by atomic mass is 32.2. The average Bonchev–Trinajstić information content (AvgIpc) is 3.41. The fraction of sp³-hybridized carbons (Fsp3) is 0.350. The summed E-state index contributed by atoms with van der Waals surface area (Å²) in [6, 6.07) is 14.4. The molecule has 0 saturated heterocycles. The predicted molar refractivity (Wildman–Crippen MR) is 100.0 cm³/mol. The molecule has 2 aromatic carbocycles. The van der Waals surface area contributed by atoms with Crippen LogP contribution in [0.2, 0.25) is 0 Å². The van der Waals surface area contributed by atoms with E-state index in [0.717, 1.165) is 24.0 Å². The fourth-order valence-electron chi connectivity index (χ4n) is 2.87. The number of halogens is 1. The van der Waals surface area contributed by atoms with Crippen LogP contribution < -0.4 is 5.32 Å². The molecule has 1 atom stereocenters. The van der Waals surface area contributed by atoms with Crippen LogP contribution >= 0.6 is 11.8 Å². The molecule has 1 N–H and O–H groups in total. The first kappa shape index (κ1) is 18.0. The van der Waals surface area contributed by atoms with Crippen molar-refractivity contribution in [2.75, 3.05) is 13.3 Å². The third-order valence-corrected chi connectivity index (χ3v) is 5.13. The summed E-state index contributed by atoms with van der Waals surface area (Å²) in [5.41, 5.74) is 1.95. The second-order valence-electron chi connectivity index (χ2n) is 6.50. The summed E-state index contributed by atoms with van der Waals surface area (Å²) in [7, 11) is 1.93. The number of thioether (sulfide) groups is 1. The van der Waals surface area contributed by atoms with Crippen LogP contribution in [-0.4, -0.2) is 30.2 Å². The minimum Gasteiger partial charge on any atom is -0.352 e. The number of hydrogen-bond acceptors (Lipinski definition) is 3. The minimum absolute atomic E-state index is 0.0163. The van der Waals surface area contributed by atoms with Crippen LogP contribution in [0.5, 0.6) is 0 Å². The van der Waals surface area contributed by atoms with Crippen LogP contribution in [-0.2, 0) is 11.3 Å². The SMILES string of the molecule is CSc1ccc(CN(C)[C@@H](C(=O)NC2CC2)c2ccc(F)cc2)cc1. The lowest BCUT2D eigenvalue weighted by molar-refractivity contribution is -0.126. The van der Waals surface area contributed by atoms with Gasteiger partial charge in [0, 0.05) is 17.5 Å². The highest BCUT2D eigenvalue weighted by molar-refractivity contribution is 7.98. The van der Waals surface area contributed by atoms with E-state index in [-0.39, 0.29) is 11.7 Å². The van der Waals surface area contributed by atoms with Gasteiger partial charge in [-0.25, -0.2) is 4.39 Å². The maximum Gasteiger partial charge on any atom is 0.242 e. The second kappa shape index (κ2) is 8.02. The third-order valence-electron chi connectivity index (χ3n) is 4.39. The van der Waals surface area contributed by atoms with Crippen molar-refractivity contribution in [3.8, 4) is 0 Å². The summed E-state index contributed by atoms with van der Waals surface area (Å²) in [5.74, 6) is -0.308. The van der Waals surface area contributed by atoms with E-state index in [0.29, 0.717) is 12.6 Å². The van der Waals surface area contributed by atoms with Gasteiger partial charge in [0.05, 0.1) is 0 Å². The van der Waals surface area contributed by atoms with Gasteiger partial charge in [-0.3, -0.25) is 9.69 Å². The van der Waals surface area contributed by atoms with Crippen LogP contribution in [0.15, 0.2) is 53.4 Å². The Hall–Kier alpha value is -1.85. The Labute approximate surface area is 152 Å². The quantitative estimate of drug-likeness (QED) is 0.760. The fourth-order valence-corrected chi connectivity index (χ4v) is 3.28. The molecule has 0 aromatic heterocycles. The Morgan fingerprint density at radius 3 is 2.40 bits per heavy atom. The Morgan fingerprint density at radius 2 is 1.84 bits per heavy atom. The van der Waals surface area contributed by atoms with Crippen LogP contribution in [0.25, 0.3) is 0 Å². The van der Waals surface area contributed by atoms with Gasteiger partial charge >= 0.3 is 0 Å². The van der Waals surface area contributed by atoms with Gasteiger partial charge < -0.3 is 5.32 Å². The number of rotatable bonds is 7. The largest absolute Gasteiger partial charge is 0.352 e. The Kier molecular flexibility index (Phi) is 5.76. The molecule has 3 nitrogen and oxygen atoms in total. The zero-order valence-corrected chi connectivity index (χ0v) is 15.4. The summed E-state index contributed by atoms with van der Waals surface area (Å²) in [6.07, 6.45) is 4.14. The number of nitrogens with zero attached hydrogens (tertiary/aromatic N) is 1. The number of carbonyl (C=O) groups is 1. The molecule has 1 fully saturated rings. The van der Waals surface area contributed by atoms with Crippen molar-refractivity contribution >= 4 is 17.7 Å². The summed E-state index contributed by atoms with van der Waals surface area (Å²) < 4.78 is 13.3. The number of nitrogens with one attached hydrogen (secondary N) is 1. The number of amides is 1.